The van der Waals surface area contributed by atoms with Gasteiger partial charge in [0.1, 0.15) is 11.6 Å². The molecule has 180 valence electrons. The first-order chi connectivity index (χ1) is 16.5. The smallest absolute Gasteiger partial charge is 0.416 e. The number of benzene rings is 3. The molecule has 5 nitrogen and oxygen atoms in total. The van der Waals surface area contributed by atoms with Crippen molar-refractivity contribution in [1.29, 1.82) is 0 Å². The Kier molecular flexibility index (Phi) is 6.10. The molecule has 3 aromatic carbocycles. The van der Waals surface area contributed by atoms with Gasteiger partial charge >= 0.3 is 6.18 Å². The van der Waals surface area contributed by atoms with E-state index >= 15 is 0 Å². The average molecular weight is 484 g/mol. The molecule has 1 aliphatic rings. The molecule has 4 rings (SSSR count). The minimum Gasteiger partial charge on any atom is -0.507 e. The number of aliphatic hydroxyl groups is 1. The van der Waals surface area contributed by atoms with Crippen molar-refractivity contribution < 1.29 is 32.3 Å². The summed E-state index contributed by atoms with van der Waals surface area (Å²) in [6.45, 7) is 0. The number of ketones is 1. The summed E-state index contributed by atoms with van der Waals surface area (Å²) in [7, 11) is 3.64. The summed E-state index contributed by atoms with van der Waals surface area (Å²) in [5.41, 5.74) is -0.155. The summed E-state index contributed by atoms with van der Waals surface area (Å²) in [4.78, 5) is 29.0. The van der Waals surface area contributed by atoms with Crippen LogP contribution in [0.5, 0.6) is 0 Å². The molecule has 3 aromatic rings. The lowest BCUT2D eigenvalue weighted by atomic mass is 9.94. The van der Waals surface area contributed by atoms with Gasteiger partial charge in [-0.2, -0.15) is 13.2 Å². The topological polar surface area (TPSA) is 60.9 Å². The molecule has 1 fully saturated rings. The number of rotatable bonds is 4. The maximum atomic E-state index is 13.4. The Morgan fingerprint density at radius 2 is 1.57 bits per heavy atom. The van der Waals surface area contributed by atoms with Crippen LogP contribution in [0.15, 0.2) is 78.4 Å². The molecule has 1 saturated heterocycles. The standard InChI is InChI=1S/C26H20F4N2O3/c1-31(2)19-12-8-15(9-13-19)22-21(23(33)16-6-10-18(27)11-7-16)24(34)25(35)32(22)20-5-3-4-17(14-20)26(28,29)30/h3-14,22,33H,1-2H3/b23-21+. The van der Waals surface area contributed by atoms with Gasteiger partial charge in [0.2, 0.25) is 0 Å². The van der Waals surface area contributed by atoms with E-state index in [1.54, 1.807) is 24.3 Å². The van der Waals surface area contributed by atoms with Crippen LogP contribution in [-0.2, 0) is 15.8 Å². The van der Waals surface area contributed by atoms with Gasteiger partial charge in [-0.05, 0) is 60.2 Å². The molecule has 0 spiro atoms. The number of nitrogens with zero attached hydrogens (tertiary/aromatic N) is 2. The summed E-state index contributed by atoms with van der Waals surface area (Å²) in [5, 5.41) is 11.0. The predicted octanol–water partition coefficient (Wildman–Crippen LogP) is 5.54. The van der Waals surface area contributed by atoms with Gasteiger partial charge in [-0.15, -0.1) is 0 Å². The molecule has 1 amide bonds. The van der Waals surface area contributed by atoms with Crippen molar-refractivity contribution in [3.8, 4) is 0 Å². The second kappa shape index (κ2) is 8.90. The predicted molar refractivity (Wildman–Crippen MR) is 123 cm³/mol. The second-order valence-electron chi connectivity index (χ2n) is 8.21. The average Bonchev–Trinajstić information content (AvgIpc) is 3.09. The fraction of sp³-hybridized carbons (Fsp3) is 0.154. The van der Waals surface area contributed by atoms with Crippen LogP contribution >= 0.6 is 0 Å². The van der Waals surface area contributed by atoms with Gasteiger partial charge in [0.15, 0.2) is 0 Å². The Hall–Kier alpha value is -4.14. The van der Waals surface area contributed by atoms with E-state index < -0.39 is 41.0 Å². The van der Waals surface area contributed by atoms with Gasteiger partial charge in [0, 0.05) is 31.0 Å². The van der Waals surface area contributed by atoms with Crippen molar-refractivity contribution in [2.45, 2.75) is 12.2 Å². The normalized spacial score (nSPS) is 17.7. The zero-order valence-corrected chi connectivity index (χ0v) is 18.7. The molecule has 0 aromatic heterocycles. The summed E-state index contributed by atoms with van der Waals surface area (Å²) in [6.07, 6.45) is -4.67. The van der Waals surface area contributed by atoms with Gasteiger partial charge in [-0.3, -0.25) is 14.5 Å². The highest BCUT2D eigenvalue weighted by atomic mass is 19.4. The molecule has 0 radical (unpaired) electrons. The second-order valence-corrected chi connectivity index (χ2v) is 8.21. The molecule has 0 aliphatic carbocycles. The Morgan fingerprint density at radius 3 is 2.14 bits per heavy atom. The Morgan fingerprint density at radius 1 is 0.943 bits per heavy atom. The number of carbonyl (C=O) groups excluding carboxylic acids is 2. The van der Waals surface area contributed by atoms with Crippen LogP contribution in [0.3, 0.4) is 0 Å². The highest BCUT2D eigenvalue weighted by Gasteiger charge is 2.47. The number of hydrogen-bond donors (Lipinski definition) is 1. The highest BCUT2D eigenvalue weighted by molar-refractivity contribution is 6.51. The lowest BCUT2D eigenvalue weighted by Gasteiger charge is -2.26. The largest absolute Gasteiger partial charge is 0.507 e. The van der Waals surface area contributed by atoms with E-state index in [0.717, 1.165) is 40.9 Å². The molecule has 0 saturated carbocycles. The molecule has 1 atom stereocenters. The van der Waals surface area contributed by atoms with E-state index in [2.05, 4.69) is 0 Å². The van der Waals surface area contributed by atoms with Crippen LogP contribution in [0.25, 0.3) is 5.76 Å². The Bertz CT molecular complexity index is 1310. The van der Waals surface area contributed by atoms with E-state index in [-0.39, 0.29) is 16.8 Å². The number of alkyl halides is 3. The van der Waals surface area contributed by atoms with Crippen LogP contribution in [0, 0.1) is 5.82 Å². The number of carbonyl (C=O) groups is 2. The van der Waals surface area contributed by atoms with Crippen molar-refractivity contribution in [1.82, 2.24) is 0 Å². The fourth-order valence-corrected chi connectivity index (χ4v) is 3.96. The number of Topliss-reactive ketones (excluding diaryl/α,β-unsaturated/α-hetero) is 1. The molecule has 1 aliphatic heterocycles. The first-order valence-electron chi connectivity index (χ1n) is 10.5. The molecule has 1 heterocycles. The van der Waals surface area contributed by atoms with Crippen LogP contribution in [0.1, 0.15) is 22.7 Å². The Labute approximate surface area is 198 Å². The van der Waals surface area contributed by atoms with E-state index in [4.69, 9.17) is 0 Å². The van der Waals surface area contributed by atoms with Crippen molar-refractivity contribution >= 4 is 28.8 Å². The van der Waals surface area contributed by atoms with Crippen LogP contribution in [0.2, 0.25) is 0 Å². The number of amides is 1. The third-order valence-electron chi connectivity index (χ3n) is 5.74. The van der Waals surface area contributed by atoms with Crippen molar-refractivity contribution in [3.05, 3.63) is 101 Å². The van der Waals surface area contributed by atoms with Gasteiger partial charge < -0.3 is 10.0 Å². The van der Waals surface area contributed by atoms with Gasteiger partial charge in [0.25, 0.3) is 11.7 Å². The number of aliphatic hydroxyl groups excluding tert-OH is 1. The third kappa shape index (κ3) is 4.49. The summed E-state index contributed by atoms with van der Waals surface area (Å²) in [5.74, 6) is -3.28. The van der Waals surface area contributed by atoms with Crippen molar-refractivity contribution in [2.75, 3.05) is 23.9 Å². The van der Waals surface area contributed by atoms with E-state index in [9.17, 15) is 32.3 Å². The summed E-state index contributed by atoms with van der Waals surface area (Å²) in [6, 6.07) is 14.2. The van der Waals surface area contributed by atoms with Crippen molar-refractivity contribution in [3.63, 3.8) is 0 Å². The van der Waals surface area contributed by atoms with E-state index in [0.29, 0.717) is 5.56 Å². The number of anilines is 2. The SMILES string of the molecule is CN(C)c1ccc(C2/C(=C(\O)c3ccc(F)cc3)C(=O)C(=O)N2c2cccc(C(F)(F)F)c2)cc1. The van der Waals surface area contributed by atoms with E-state index in [1.165, 1.54) is 18.2 Å². The maximum Gasteiger partial charge on any atom is 0.416 e. The number of halogens is 4. The lowest BCUT2D eigenvalue weighted by Crippen LogP contribution is -2.29. The first kappa shape index (κ1) is 24.0. The summed E-state index contributed by atoms with van der Waals surface area (Å²) < 4.78 is 53.5. The first-order valence-corrected chi connectivity index (χ1v) is 10.5. The molecule has 9 heteroatoms. The van der Waals surface area contributed by atoms with Crippen LogP contribution < -0.4 is 9.80 Å². The van der Waals surface area contributed by atoms with Crippen molar-refractivity contribution in [2.24, 2.45) is 0 Å². The van der Waals surface area contributed by atoms with Gasteiger partial charge in [-0.1, -0.05) is 18.2 Å². The molecular weight excluding hydrogens is 464 g/mol. The molecule has 35 heavy (non-hydrogen) atoms. The number of hydrogen-bond acceptors (Lipinski definition) is 4. The van der Waals surface area contributed by atoms with Gasteiger partial charge in [-0.25, -0.2) is 4.39 Å². The monoisotopic (exact) mass is 484 g/mol. The fourth-order valence-electron chi connectivity index (χ4n) is 3.96. The zero-order valence-electron chi connectivity index (χ0n) is 18.7. The molecule has 1 unspecified atom stereocenters. The molecule has 0 bridgehead atoms. The zero-order chi connectivity index (χ0) is 25.5. The minimum absolute atomic E-state index is 0.0864. The third-order valence-corrected chi connectivity index (χ3v) is 5.74. The van der Waals surface area contributed by atoms with Crippen LogP contribution in [-0.4, -0.2) is 30.9 Å². The lowest BCUT2D eigenvalue weighted by molar-refractivity contribution is -0.137. The molecule has 1 N–H and O–H groups in total. The van der Waals surface area contributed by atoms with Crippen LogP contribution in [0.4, 0.5) is 28.9 Å². The Balaban J connectivity index is 1.93. The molecular formula is C26H20F4N2O3. The van der Waals surface area contributed by atoms with E-state index in [1.807, 2.05) is 19.0 Å². The summed E-state index contributed by atoms with van der Waals surface area (Å²) >= 11 is 0. The minimum atomic E-state index is -4.67. The quantitative estimate of drug-likeness (QED) is 0.229. The maximum absolute atomic E-state index is 13.4. The van der Waals surface area contributed by atoms with Gasteiger partial charge in [0.05, 0.1) is 17.2 Å². The highest BCUT2D eigenvalue weighted by Crippen LogP contribution is 2.43.